The number of aromatic nitrogens is 1. The second kappa shape index (κ2) is 6.01. The standard InChI is InChI=1S/C16H20N2O2/c1-4-13(9-19)18-16(20)14-8-12-7-10(2)5-6-15(12)17-11(14)3/h5-8,13,19H,4,9H2,1-3H3,(H,18,20). The lowest BCUT2D eigenvalue weighted by molar-refractivity contribution is 0.0914. The van der Waals surface area contributed by atoms with Gasteiger partial charge in [-0.2, -0.15) is 0 Å². The molecular formula is C16H20N2O2. The van der Waals surface area contributed by atoms with Crippen molar-refractivity contribution in [3.63, 3.8) is 0 Å². The van der Waals surface area contributed by atoms with Crippen LogP contribution >= 0.6 is 0 Å². The number of carbonyl (C=O) groups is 1. The number of nitrogens with zero attached hydrogens (tertiary/aromatic N) is 1. The first kappa shape index (κ1) is 14.5. The molecule has 0 aliphatic rings. The number of aryl methyl sites for hydroxylation is 2. The van der Waals surface area contributed by atoms with Crippen molar-refractivity contribution < 1.29 is 9.90 Å². The number of carbonyl (C=O) groups excluding carboxylic acids is 1. The highest BCUT2D eigenvalue weighted by molar-refractivity contribution is 5.98. The average Bonchev–Trinajstić information content (AvgIpc) is 2.44. The number of pyridine rings is 1. The maximum atomic E-state index is 12.3. The lowest BCUT2D eigenvalue weighted by Gasteiger charge is -2.15. The lowest BCUT2D eigenvalue weighted by Crippen LogP contribution is -2.37. The van der Waals surface area contributed by atoms with E-state index in [4.69, 9.17) is 5.11 Å². The number of aliphatic hydroxyl groups is 1. The van der Waals surface area contributed by atoms with Gasteiger partial charge in [0, 0.05) is 5.39 Å². The highest BCUT2D eigenvalue weighted by Crippen LogP contribution is 2.18. The van der Waals surface area contributed by atoms with Crippen molar-refractivity contribution in [2.45, 2.75) is 33.2 Å². The van der Waals surface area contributed by atoms with Gasteiger partial charge in [0.1, 0.15) is 0 Å². The van der Waals surface area contributed by atoms with Crippen LogP contribution in [0.15, 0.2) is 24.3 Å². The van der Waals surface area contributed by atoms with Crippen molar-refractivity contribution >= 4 is 16.8 Å². The van der Waals surface area contributed by atoms with E-state index in [1.165, 1.54) is 0 Å². The van der Waals surface area contributed by atoms with Crippen LogP contribution in [0.1, 0.15) is 35.0 Å². The fraction of sp³-hybridized carbons (Fsp3) is 0.375. The first-order valence-electron chi connectivity index (χ1n) is 6.85. The van der Waals surface area contributed by atoms with E-state index in [-0.39, 0.29) is 18.6 Å². The Morgan fingerprint density at radius 1 is 1.35 bits per heavy atom. The van der Waals surface area contributed by atoms with E-state index in [1.807, 2.05) is 45.0 Å². The van der Waals surface area contributed by atoms with Crippen LogP contribution in [0.3, 0.4) is 0 Å². The summed E-state index contributed by atoms with van der Waals surface area (Å²) < 4.78 is 0. The molecule has 0 saturated carbocycles. The molecule has 1 aromatic heterocycles. The van der Waals surface area contributed by atoms with Crippen molar-refractivity contribution in [3.8, 4) is 0 Å². The maximum absolute atomic E-state index is 12.3. The van der Waals surface area contributed by atoms with Crippen molar-refractivity contribution in [1.82, 2.24) is 10.3 Å². The fourth-order valence-corrected chi connectivity index (χ4v) is 2.16. The summed E-state index contributed by atoms with van der Waals surface area (Å²) in [5.41, 5.74) is 3.29. The third-order valence-corrected chi connectivity index (χ3v) is 3.45. The van der Waals surface area contributed by atoms with Crippen molar-refractivity contribution in [2.24, 2.45) is 0 Å². The van der Waals surface area contributed by atoms with E-state index in [0.717, 1.165) is 16.5 Å². The Hall–Kier alpha value is -1.94. The predicted molar refractivity (Wildman–Crippen MR) is 79.8 cm³/mol. The van der Waals surface area contributed by atoms with Gasteiger partial charge in [0.15, 0.2) is 0 Å². The summed E-state index contributed by atoms with van der Waals surface area (Å²) in [6.07, 6.45) is 0.696. The molecule has 1 amide bonds. The zero-order chi connectivity index (χ0) is 14.7. The van der Waals surface area contributed by atoms with Crippen LogP contribution in [0.4, 0.5) is 0 Å². The highest BCUT2D eigenvalue weighted by Gasteiger charge is 2.15. The zero-order valence-corrected chi connectivity index (χ0v) is 12.1. The van der Waals surface area contributed by atoms with Gasteiger partial charge in [0.05, 0.1) is 29.4 Å². The van der Waals surface area contributed by atoms with E-state index in [2.05, 4.69) is 10.3 Å². The Morgan fingerprint density at radius 2 is 2.10 bits per heavy atom. The Kier molecular flexibility index (Phi) is 4.35. The number of hydrogen-bond donors (Lipinski definition) is 2. The summed E-state index contributed by atoms with van der Waals surface area (Å²) in [7, 11) is 0. The van der Waals surface area contributed by atoms with E-state index in [0.29, 0.717) is 17.7 Å². The van der Waals surface area contributed by atoms with E-state index >= 15 is 0 Å². The van der Waals surface area contributed by atoms with Gasteiger partial charge in [-0.05, 0) is 38.5 Å². The number of amides is 1. The van der Waals surface area contributed by atoms with Gasteiger partial charge in [0.25, 0.3) is 5.91 Å². The van der Waals surface area contributed by atoms with Crippen molar-refractivity contribution in [2.75, 3.05) is 6.61 Å². The third kappa shape index (κ3) is 2.96. The van der Waals surface area contributed by atoms with Gasteiger partial charge < -0.3 is 10.4 Å². The van der Waals surface area contributed by atoms with Crippen LogP contribution in [0.5, 0.6) is 0 Å². The zero-order valence-electron chi connectivity index (χ0n) is 12.1. The molecule has 1 atom stereocenters. The molecule has 4 nitrogen and oxygen atoms in total. The molecule has 0 aliphatic carbocycles. The van der Waals surface area contributed by atoms with Crippen LogP contribution < -0.4 is 5.32 Å². The monoisotopic (exact) mass is 272 g/mol. The quantitative estimate of drug-likeness (QED) is 0.898. The van der Waals surface area contributed by atoms with Crippen LogP contribution in [0, 0.1) is 13.8 Å². The van der Waals surface area contributed by atoms with Gasteiger partial charge in [-0.3, -0.25) is 9.78 Å². The highest BCUT2D eigenvalue weighted by atomic mass is 16.3. The Bertz CT molecular complexity index is 634. The molecule has 0 bridgehead atoms. The molecule has 0 radical (unpaired) electrons. The third-order valence-electron chi connectivity index (χ3n) is 3.45. The number of rotatable bonds is 4. The second-order valence-corrected chi connectivity index (χ2v) is 5.08. The van der Waals surface area contributed by atoms with Crippen LogP contribution in [0.2, 0.25) is 0 Å². The normalized spacial score (nSPS) is 12.4. The summed E-state index contributed by atoms with van der Waals surface area (Å²) >= 11 is 0. The molecule has 0 aliphatic heterocycles. The first-order chi connectivity index (χ1) is 9.55. The molecule has 2 rings (SSSR count). The fourth-order valence-electron chi connectivity index (χ4n) is 2.16. The summed E-state index contributed by atoms with van der Waals surface area (Å²) in [6, 6.07) is 7.64. The molecular weight excluding hydrogens is 252 g/mol. The van der Waals surface area contributed by atoms with Crippen LogP contribution in [-0.2, 0) is 0 Å². The molecule has 0 saturated heterocycles. The lowest BCUT2D eigenvalue weighted by atomic mass is 10.1. The van der Waals surface area contributed by atoms with Gasteiger partial charge in [0.2, 0.25) is 0 Å². The minimum absolute atomic E-state index is 0.0542. The van der Waals surface area contributed by atoms with E-state index in [9.17, 15) is 4.79 Å². The molecule has 106 valence electrons. The van der Waals surface area contributed by atoms with Gasteiger partial charge in [-0.15, -0.1) is 0 Å². The van der Waals surface area contributed by atoms with Crippen molar-refractivity contribution in [1.29, 1.82) is 0 Å². The molecule has 4 heteroatoms. The average molecular weight is 272 g/mol. The predicted octanol–water partition coefficient (Wildman–Crippen LogP) is 2.35. The van der Waals surface area contributed by atoms with Gasteiger partial charge >= 0.3 is 0 Å². The largest absolute Gasteiger partial charge is 0.394 e. The van der Waals surface area contributed by atoms with E-state index < -0.39 is 0 Å². The smallest absolute Gasteiger partial charge is 0.253 e. The number of nitrogens with one attached hydrogen (secondary N) is 1. The molecule has 20 heavy (non-hydrogen) atoms. The number of hydrogen-bond acceptors (Lipinski definition) is 3. The first-order valence-corrected chi connectivity index (χ1v) is 6.85. The molecule has 1 heterocycles. The van der Waals surface area contributed by atoms with Crippen LogP contribution in [-0.4, -0.2) is 28.6 Å². The van der Waals surface area contributed by atoms with Crippen LogP contribution in [0.25, 0.3) is 10.9 Å². The van der Waals surface area contributed by atoms with E-state index in [1.54, 1.807) is 0 Å². The number of benzene rings is 1. The molecule has 1 aromatic carbocycles. The SMILES string of the molecule is CCC(CO)NC(=O)c1cc2cc(C)ccc2nc1C. The molecule has 0 spiro atoms. The molecule has 2 aromatic rings. The van der Waals surface area contributed by atoms with Crippen molar-refractivity contribution in [3.05, 3.63) is 41.1 Å². The summed E-state index contributed by atoms with van der Waals surface area (Å²) in [4.78, 5) is 16.7. The minimum Gasteiger partial charge on any atom is -0.394 e. The summed E-state index contributed by atoms with van der Waals surface area (Å²) in [5.74, 6) is -0.181. The molecule has 0 fully saturated rings. The Labute approximate surface area is 118 Å². The topological polar surface area (TPSA) is 62.2 Å². The number of fused-ring (bicyclic) bond motifs is 1. The Morgan fingerprint density at radius 3 is 2.75 bits per heavy atom. The second-order valence-electron chi connectivity index (χ2n) is 5.08. The summed E-state index contributed by atoms with van der Waals surface area (Å²) in [6.45, 7) is 5.71. The van der Waals surface area contributed by atoms with Gasteiger partial charge in [-0.25, -0.2) is 0 Å². The number of aliphatic hydroxyl groups excluding tert-OH is 1. The summed E-state index contributed by atoms with van der Waals surface area (Å²) in [5, 5.41) is 12.9. The maximum Gasteiger partial charge on any atom is 0.253 e. The minimum atomic E-state index is -0.213. The van der Waals surface area contributed by atoms with Gasteiger partial charge in [-0.1, -0.05) is 18.6 Å². The molecule has 1 unspecified atom stereocenters. The molecule has 2 N–H and O–H groups in total. The Balaban J connectivity index is 2.38.